The second-order valence-electron chi connectivity index (χ2n) is 5.09. The van der Waals surface area contributed by atoms with E-state index < -0.39 is 0 Å². The Bertz CT molecular complexity index is 1020. The van der Waals surface area contributed by atoms with Crippen LogP contribution >= 0.6 is 45.3 Å². The third-order valence-corrected chi connectivity index (χ3v) is 8.76. The number of thiophene rings is 4. The van der Waals surface area contributed by atoms with Crippen LogP contribution in [0.1, 0.15) is 11.1 Å². The van der Waals surface area contributed by atoms with Crippen LogP contribution < -0.4 is 0 Å². The lowest BCUT2D eigenvalue weighted by Gasteiger charge is -2.04. The molecule has 4 heteroatoms. The number of hydrogen-bond donors (Lipinski definition) is 0. The Morgan fingerprint density at radius 1 is 0.650 bits per heavy atom. The Morgan fingerprint density at radius 2 is 1.10 bits per heavy atom. The zero-order chi connectivity index (χ0) is 13.4. The highest BCUT2D eigenvalue weighted by atomic mass is 32.1. The van der Waals surface area contributed by atoms with Crippen molar-refractivity contribution in [2.24, 2.45) is 0 Å². The fourth-order valence-corrected chi connectivity index (χ4v) is 7.83. The molecule has 98 valence electrons. The second-order valence-corrected chi connectivity index (χ2v) is 9.03. The minimum absolute atomic E-state index is 1.44. The van der Waals surface area contributed by atoms with E-state index in [-0.39, 0.29) is 0 Å². The van der Waals surface area contributed by atoms with Gasteiger partial charge in [-0.2, -0.15) is 0 Å². The van der Waals surface area contributed by atoms with Gasteiger partial charge < -0.3 is 0 Å². The lowest BCUT2D eigenvalue weighted by Crippen LogP contribution is -1.81. The Balaban J connectivity index is 2.27. The Morgan fingerprint density at radius 3 is 1.55 bits per heavy atom. The second kappa shape index (κ2) is 3.83. The van der Waals surface area contributed by atoms with Crippen LogP contribution in [0.3, 0.4) is 0 Å². The zero-order valence-corrected chi connectivity index (χ0v) is 14.2. The lowest BCUT2D eigenvalue weighted by atomic mass is 10.0. The molecule has 0 N–H and O–H groups in total. The summed E-state index contributed by atoms with van der Waals surface area (Å²) in [6, 6.07) is 4.53. The zero-order valence-electron chi connectivity index (χ0n) is 10.9. The molecule has 0 unspecified atom stereocenters. The molecule has 0 spiro atoms. The van der Waals surface area contributed by atoms with Crippen molar-refractivity contribution in [1.29, 1.82) is 0 Å². The first-order valence-corrected chi connectivity index (χ1v) is 9.83. The quantitative estimate of drug-likeness (QED) is 0.282. The van der Waals surface area contributed by atoms with Gasteiger partial charge in [-0.15, -0.1) is 45.3 Å². The molecule has 20 heavy (non-hydrogen) atoms. The van der Waals surface area contributed by atoms with Gasteiger partial charge in [0.1, 0.15) is 0 Å². The van der Waals surface area contributed by atoms with Crippen LogP contribution in [0.5, 0.6) is 0 Å². The lowest BCUT2D eigenvalue weighted by molar-refractivity contribution is 1.44. The van der Waals surface area contributed by atoms with E-state index in [9.17, 15) is 0 Å². The van der Waals surface area contributed by atoms with E-state index in [0.29, 0.717) is 0 Å². The normalized spacial score (nSPS) is 12.5. The maximum atomic E-state index is 2.28. The number of aryl methyl sites for hydroxylation is 2. The van der Waals surface area contributed by atoms with Gasteiger partial charge in [-0.3, -0.25) is 0 Å². The molecule has 0 aliphatic carbocycles. The van der Waals surface area contributed by atoms with Crippen LogP contribution in [0.4, 0.5) is 0 Å². The van der Waals surface area contributed by atoms with E-state index in [1.54, 1.807) is 0 Å². The molecule has 4 aromatic heterocycles. The molecule has 0 nitrogen and oxygen atoms in total. The fourth-order valence-electron chi connectivity index (χ4n) is 2.97. The van der Waals surface area contributed by atoms with Gasteiger partial charge in [0.2, 0.25) is 0 Å². The monoisotopic (exact) mass is 330 g/mol. The van der Waals surface area contributed by atoms with Crippen LogP contribution in [-0.4, -0.2) is 0 Å². The largest absolute Gasteiger partial charge is 0.142 e. The summed E-state index contributed by atoms with van der Waals surface area (Å²) in [5.74, 6) is 0. The van der Waals surface area contributed by atoms with Gasteiger partial charge in [0.25, 0.3) is 0 Å². The van der Waals surface area contributed by atoms with Gasteiger partial charge in [0, 0.05) is 29.6 Å². The van der Waals surface area contributed by atoms with Gasteiger partial charge >= 0.3 is 0 Å². The molecular formula is C16H10S4. The molecule has 0 bridgehead atoms. The Kier molecular flexibility index (Phi) is 2.24. The van der Waals surface area contributed by atoms with Crippen LogP contribution in [0.2, 0.25) is 0 Å². The number of hydrogen-bond acceptors (Lipinski definition) is 4. The summed E-state index contributed by atoms with van der Waals surface area (Å²) >= 11 is 7.69. The minimum atomic E-state index is 1.44. The van der Waals surface area contributed by atoms with Crippen molar-refractivity contribution in [1.82, 2.24) is 0 Å². The maximum Gasteiger partial charge on any atom is 0.0536 e. The summed E-state index contributed by atoms with van der Waals surface area (Å²) in [5.41, 5.74) is 2.93. The number of rotatable bonds is 0. The predicted molar refractivity (Wildman–Crippen MR) is 97.4 cm³/mol. The van der Waals surface area contributed by atoms with Gasteiger partial charge in [-0.1, -0.05) is 0 Å². The molecule has 0 aliphatic rings. The van der Waals surface area contributed by atoms with E-state index in [4.69, 9.17) is 0 Å². The van der Waals surface area contributed by atoms with Gasteiger partial charge in [0.05, 0.1) is 9.40 Å². The highest BCUT2D eigenvalue weighted by Crippen LogP contribution is 2.49. The first-order valence-electron chi connectivity index (χ1n) is 6.44. The van der Waals surface area contributed by atoms with E-state index in [0.717, 1.165) is 0 Å². The van der Waals surface area contributed by atoms with Gasteiger partial charge in [-0.25, -0.2) is 0 Å². The molecule has 0 atom stereocenters. The van der Waals surface area contributed by atoms with Crippen molar-refractivity contribution >= 4 is 84.3 Å². The summed E-state index contributed by atoms with van der Waals surface area (Å²) in [6.45, 7) is 4.57. The van der Waals surface area contributed by atoms with Crippen molar-refractivity contribution in [2.75, 3.05) is 0 Å². The molecule has 0 radical (unpaired) electrons. The van der Waals surface area contributed by atoms with Crippen molar-refractivity contribution in [3.8, 4) is 0 Å². The highest BCUT2D eigenvalue weighted by molar-refractivity contribution is 7.34. The number of fused-ring (bicyclic) bond motifs is 7. The average Bonchev–Trinajstić information content (AvgIpc) is 3.13. The average molecular weight is 331 g/mol. The molecule has 0 saturated heterocycles. The standard InChI is InChI=1S/C16H10S4/c1-7-8(2)14-12(16-10(20-14)4-6-18-16)11-13(7)19-9-3-5-17-15(9)11/h3-6H,1-2H3. The molecule has 0 fully saturated rings. The van der Waals surface area contributed by atoms with Gasteiger partial charge in [-0.05, 0) is 47.9 Å². The third-order valence-electron chi connectivity index (χ3n) is 4.08. The highest BCUT2D eigenvalue weighted by Gasteiger charge is 2.19. The minimum Gasteiger partial charge on any atom is -0.142 e. The van der Waals surface area contributed by atoms with Gasteiger partial charge in [0.15, 0.2) is 0 Å². The van der Waals surface area contributed by atoms with Crippen LogP contribution in [-0.2, 0) is 0 Å². The first-order chi connectivity index (χ1) is 9.75. The van der Waals surface area contributed by atoms with Crippen molar-refractivity contribution < 1.29 is 0 Å². The van der Waals surface area contributed by atoms with Crippen LogP contribution in [0.25, 0.3) is 39.0 Å². The SMILES string of the molecule is Cc1c(C)c2sc3ccsc3c2c2c1sc1ccsc12. The molecule has 4 heterocycles. The molecule has 5 aromatic rings. The van der Waals surface area contributed by atoms with Crippen LogP contribution in [0, 0.1) is 13.8 Å². The Hall–Kier alpha value is -0.940. The Labute approximate surface area is 131 Å². The molecule has 5 rings (SSSR count). The van der Waals surface area contributed by atoms with Crippen molar-refractivity contribution in [3.63, 3.8) is 0 Å². The smallest absolute Gasteiger partial charge is 0.0536 e. The third kappa shape index (κ3) is 1.26. The first kappa shape index (κ1) is 11.7. The van der Waals surface area contributed by atoms with E-state index in [1.165, 1.54) is 50.1 Å². The topological polar surface area (TPSA) is 0 Å². The summed E-state index contributed by atoms with van der Waals surface area (Å²) < 4.78 is 8.82. The molecule has 0 amide bonds. The summed E-state index contributed by atoms with van der Waals surface area (Å²) in [4.78, 5) is 0. The molecule has 0 aliphatic heterocycles. The molecule has 0 saturated carbocycles. The van der Waals surface area contributed by atoms with Crippen molar-refractivity contribution in [2.45, 2.75) is 13.8 Å². The van der Waals surface area contributed by atoms with E-state index >= 15 is 0 Å². The fraction of sp³-hybridized carbons (Fsp3) is 0.125. The molecule has 1 aromatic carbocycles. The summed E-state index contributed by atoms with van der Waals surface area (Å²) in [7, 11) is 0. The summed E-state index contributed by atoms with van der Waals surface area (Å²) in [6.07, 6.45) is 0. The summed E-state index contributed by atoms with van der Waals surface area (Å²) in [5, 5.41) is 7.46. The van der Waals surface area contributed by atoms with E-state index in [2.05, 4.69) is 36.7 Å². The maximum absolute atomic E-state index is 2.28. The van der Waals surface area contributed by atoms with Crippen LogP contribution in [0.15, 0.2) is 22.9 Å². The molecular weight excluding hydrogens is 320 g/mol. The predicted octanol–water partition coefficient (Wildman–Crippen LogP) is 7.16. The van der Waals surface area contributed by atoms with Crippen molar-refractivity contribution in [3.05, 3.63) is 34.0 Å². The number of benzene rings is 1. The van der Waals surface area contributed by atoms with E-state index in [1.807, 2.05) is 45.3 Å².